The van der Waals surface area contributed by atoms with Gasteiger partial charge in [-0.3, -0.25) is 9.59 Å². The molecule has 2 heterocycles. The van der Waals surface area contributed by atoms with Gasteiger partial charge in [0.05, 0.1) is 18.0 Å². The first-order valence-electron chi connectivity index (χ1n) is 9.83. The predicted molar refractivity (Wildman–Crippen MR) is 113 cm³/mol. The second-order valence-electron chi connectivity index (χ2n) is 7.57. The Morgan fingerprint density at radius 3 is 2.66 bits per heavy atom. The standard InChI is InChI=1S/C23H16F2N2O5/c1-31-22-19(25)16(24)9-14-20(22)27(13-4-5-13)10-15(21(14)29)23(30)26-12-3-6-17-11(8-12)2-7-18(28)32-17/h2-3,6-10,13H,4-5H2,1H3,(H,26,30). The molecule has 0 atom stereocenters. The highest BCUT2D eigenvalue weighted by Crippen LogP contribution is 2.40. The number of nitrogens with one attached hydrogen (secondary N) is 1. The minimum Gasteiger partial charge on any atom is -0.491 e. The fraction of sp³-hybridized carbons (Fsp3) is 0.174. The molecule has 1 N–H and O–H groups in total. The van der Waals surface area contributed by atoms with Gasteiger partial charge in [0.25, 0.3) is 5.91 Å². The monoisotopic (exact) mass is 438 g/mol. The Balaban J connectivity index is 1.62. The summed E-state index contributed by atoms with van der Waals surface area (Å²) in [5, 5.41) is 3.08. The van der Waals surface area contributed by atoms with Gasteiger partial charge < -0.3 is 19.0 Å². The topological polar surface area (TPSA) is 90.5 Å². The molecule has 5 rings (SSSR count). The first-order chi connectivity index (χ1) is 15.4. The van der Waals surface area contributed by atoms with E-state index in [0.717, 1.165) is 18.9 Å². The molecule has 0 aliphatic heterocycles. The number of halogens is 2. The van der Waals surface area contributed by atoms with Gasteiger partial charge in [0.2, 0.25) is 11.2 Å². The molecule has 1 fully saturated rings. The summed E-state index contributed by atoms with van der Waals surface area (Å²) in [5.74, 6) is -3.49. The van der Waals surface area contributed by atoms with Gasteiger partial charge in [-0.2, -0.15) is 4.39 Å². The van der Waals surface area contributed by atoms with Crippen molar-refractivity contribution in [1.29, 1.82) is 0 Å². The quantitative estimate of drug-likeness (QED) is 0.487. The number of nitrogens with zero attached hydrogens (tertiary/aromatic N) is 1. The molecule has 0 saturated heterocycles. The molecule has 0 spiro atoms. The first kappa shape index (κ1) is 19.9. The van der Waals surface area contributed by atoms with Crippen molar-refractivity contribution in [2.24, 2.45) is 0 Å². The predicted octanol–water partition coefficient (Wildman–Crippen LogP) is 3.98. The normalized spacial score (nSPS) is 13.5. The van der Waals surface area contributed by atoms with E-state index in [4.69, 9.17) is 9.15 Å². The van der Waals surface area contributed by atoms with E-state index in [1.165, 1.54) is 31.5 Å². The number of carbonyl (C=O) groups is 1. The van der Waals surface area contributed by atoms with Crippen LogP contribution in [0, 0.1) is 11.6 Å². The summed E-state index contributed by atoms with van der Waals surface area (Å²) in [4.78, 5) is 37.4. The summed E-state index contributed by atoms with van der Waals surface area (Å²) in [6.45, 7) is 0. The molecule has 32 heavy (non-hydrogen) atoms. The Morgan fingerprint density at radius 2 is 1.94 bits per heavy atom. The minimum atomic E-state index is -1.23. The molecule has 4 aromatic rings. The second kappa shape index (κ2) is 7.30. The third-order valence-electron chi connectivity index (χ3n) is 5.43. The van der Waals surface area contributed by atoms with Gasteiger partial charge in [0.15, 0.2) is 11.6 Å². The maximum absolute atomic E-state index is 14.3. The fourth-order valence-corrected chi connectivity index (χ4v) is 3.77. The van der Waals surface area contributed by atoms with Crippen molar-refractivity contribution in [2.45, 2.75) is 18.9 Å². The zero-order chi connectivity index (χ0) is 22.6. The van der Waals surface area contributed by atoms with E-state index in [1.54, 1.807) is 16.7 Å². The van der Waals surface area contributed by atoms with Crippen LogP contribution in [-0.4, -0.2) is 17.6 Å². The molecule has 0 radical (unpaired) electrons. The highest BCUT2D eigenvalue weighted by atomic mass is 19.2. The van der Waals surface area contributed by atoms with Crippen LogP contribution in [0.2, 0.25) is 0 Å². The Labute approximate surface area is 178 Å². The molecule has 9 heteroatoms. The molecular formula is C23H16F2N2O5. The molecule has 162 valence electrons. The third-order valence-corrected chi connectivity index (χ3v) is 5.43. The third kappa shape index (κ3) is 3.22. The van der Waals surface area contributed by atoms with Crippen molar-refractivity contribution in [3.05, 3.63) is 80.4 Å². The lowest BCUT2D eigenvalue weighted by Gasteiger charge is -2.16. The van der Waals surface area contributed by atoms with E-state index in [2.05, 4.69) is 5.32 Å². The summed E-state index contributed by atoms with van der Waals surface area (Å²) < 4.78 is 40.2. The SMILES string of the molecule is COc1c(F)c(F)cc2c(=O)c(C(=O)Nc3ccc4oc(=O)ccc4c3)cn(C3CC3)c12. The summed E-state index contributed by atoms with van der Waals surface area (Å²) in [7, 11) is 1.20. The van der Waals surface area contributed by atoms with Crippen LogP contribution in [0.3, 0.4) is 0 Å². The molecular weight excluding hydrogens is 422 g/mol. The van der Waals surface area contributed by atoms with Crippen molar-refractivity contribution in [2.75, 3.05) is 12.4 Å². The van der Waals surface area contributed by atoms with Gasteiger partial charge in [-0.25, -0.2) is 9.18 Å². The molecule has 2 aromatic heterocycles. The maximum atomic E-state index is 14.3. The number of anilines is 1. The first-order valence-corrected chi connectivity index (χ1v) is 9.83. The molecule has 7 nitrogen and oxygen atoms in total. The zero-order valence-corrected chi connectivity index (χ0v) is 16.8. The van der Waals surface area contributed by atoms with Gasteiger partial charge in [-0.05, 0) is 43.2 Å². The number of hydrogen-bond donors (Lipinski definition) is 1. The number of hydrogen-bond acceptors (Lipinski definition) is 5. The lowest BCUT2D eigenvalue weighted by molar-refractivity contribution is 0.102. The summed E-state index contributed by atoms with van der Waals surface area (Å²) in [6, 6.07) is 8.20. The molecule has 1 amide bonds. The van der Waals surface area contributed by atoms with Gasteiger partial charge in [0.1, 0.15) is 11.1 Å². The van der Waals surface area contributed by atoms with Crippen molar-refractivity contribution >= 4 is 33.5 Å². The van der Waals surface area contributed by atoms with E-state index in [9.17, 15) is 23.2 Å². The minimum absolute atomic E-state index is 0.0491. The zero-order valence-electron chi connectivity index (χ0n) is 16.8. The molecule has 1 aliphatic carbocycles. The molecule has 1 saturated carbocycles. The lowest BCUT2D eigenvalue weighted by Crippen LogP contribution is -2.24. The van der Waals surface area contributed by atoms with Crippen LogP contribution in [0.1, 0.15) is 29.2 Å². The van der Waals surface area contributed by atoms with Crippen LogP contribution in [0.4, 0.5) is 14.5 Å². The van der Waals surface area contributed by atoms with Crippen molar-refractivity contribution < 1.29 is 22.7 Å². The van der Waals surface area contributed by atoms with E-state index < -0.39 is 28.6 Å². The second-order valence-corrected chi connectivity index (χ2v) is 7.57. The van der Waals surface area contributed by atoms with Crippen molar-refractivity contribution in [3.63, 3.8) is 0 Å². The fourth-order valence-electron chi connectivity index (χ4n) is 3.77. The van der Waals surface area contributed by atoms with Gasteiger partial charge in [-0.15, -0.1) is 0 Å². The summed E-state index contributed by atoms with van der Waals surface area (Å²) in [6.07, 6.45) is 2.91. The molecule has 1 aliphatic rings. The number of pyridine rings is 1. The Hall–Kier alpha value is -4.01. The Kier molecular flexibility index (Phi) is 4.54. The van der Waals surface area contributed by atoms with Crippen molar-refractivity contribution in [3.8, 4) is 5.75 Å². The molecule has 2 aromatic carbocycles. The number of ether oxygens (including phenoxy) is 1. The van der Waals surface area contributed by atoms with Crippen LogP contribution in [0.5, 0.6) is 5.75 Å². The van der Waals surface area contributed by atoms with Gasteiger partial charge >= 0.3 is 5.63 Å². The van der Waals surface area contributed by atoms with Crippen molar-refractivity contribution in [1.82, 2.24) is 4.57 Å². The highest BCUT2D eigenvalue weighted by Gasteiger charge is 2.30. The van der Waals surface area contributed by atoms with Gasteiger partial charge in [-0.1, -0.05) is 0 Å². The van der Waals surface area contributed by atoms with Gasteiger partial charge in [0, 0.05) is 29.4 Å². The lowest BCUT2D eigenvalue weighted by atomic mass is 10.1. The molecule has 0 unspecified atom stereocenters. The Morgan fingerprint density at radius 1 is 1.16 bits per heavy atom. The number of amides is 1. The number of aromatic nitrogens is 1. The summed E-state index contributed by atoms with van der Waals surface area (Å²) >= 11 is 0. The van der Waals surface area contributed by atoms with Crippen LogP contribution in [-0.2, 0) is 0 Å². The molecule has 0 bridgehead atoms. The van der Waals surface area contributed by atoms with E-state index >= 15 is 0 Å². The van der Waals surface area contributed by atoms with Crippen LogP contribution < -0.4 is 21.1 Å². The van der Waals surface area contributed by atoms with Crippen LogP contribution >= 0.6 is 0 Å². The number of benzene rings is 2. The maximum Gasteiger partial charge on any atom is 0.336 e. The van der Waals surface area contributed by atoms with E-state index in [0.29, 0.717) is 16.7 Å². The number of carbonyl (C=O) groups excluding carboxylic acids is 1. The average Bonchev–Trinajstić information content (AvgIpc) is 3.61. The average molecular weight is 438 g/mol. The highest BCUT2D eigenvalue weighted by molar-refractivity contribution is 6.06. The Bertz CT molecular complexity index is 1540. The number of rotatable bonds is 4. The number of methoxy groups -OCH3 is 1. The van der Waals surface area contributed by atoms with Crippen LogP contribution in [0.25, 0.3) is 21.9 Å². The van der Waals surface area contributed by atoms with E-state index in [1.807, 2.05) is 0 Å². The largest absolute Gasteiger partial charge is 0.491 e. The smallest absolute Gasteiger partial charge is 0.336 e. The van der Waals surface area contributed by atoms with Crippen LogP contribution in [0.15, 0.2) is 56.6 Å². The summed E-state index contributed by atoms with van der Waals surface area (Å²) in [5.41, 5.74) is -0.601. The number of fused-ring (bicyclic) bond motifs is 2. The van der Waals surface area contributed by atoms with E-state index in [-0.39, 0.29) is 28.3 Å².